The Bertz CT molecular complexity index is 2000. The first kappa shape index (κ1) is 42.5. The number of hydrogen-bond acceptors (Lipinski definition) is 8. The minimum Gasteiger partial charge on any atom is -0.488 e. The molecule has 0 saturated heterocycles. The molecule has 10 nitrogen and oxygen atoms in total. The third-order valence-electron chi connectivity index (χ3n) is 9.22. The minimum atomic E-state index is -0.490. The molecule has 0 aliphatic heterocycles. The van der Waals surface area contributed by atoms with E-state index in [0.29, 0.717) is 55.5 Å². The van der Waals surface area contributed by atoms with Crippen molar-refractivity contribution in [1.29, 1.82) is 0 Å². The lowest BCUT2D eigenvalue weighted by atomic mass is 9.93. The number of benzene rings is 4. The minimum absolute atomic E-state index is 0.111. The maximum absolute atomic E-state index is 13.4. The first-order valence-corrected chi connectivity index (χ1v) is 20.1. The highest BCUT2D eigenvalue weighted by Gasteiger charge is 2.28. The molecule has 0 saturated carbocycles. The molecule has 0 unspecified atom stereocenters. The Morgan fingerprint density at radius 3 is 1.95 bits per heavy atom. The Labute approximate surface area is 337 Å². The van der Waals surface area contributed by atoms with E-state index in [1.165, 1.54) is 0 Å². The van der Waals surface area contributed by atoms with Crippen LogP contribution in [0.25, 0.3) is 22.5 Å². The molecule has 10 heteroatoms. The summed E-state index contributed by atoms with van der Waals surface area (Å²) < 4.78 is 24.4. The van der Waals surface area contributed by atoms with Crippen LogP contribution in [0.3, 0.4) is 0 Å². The van der Waals surface area contributed by atoms with Gasteiger partial charge in [-0.15, -0.1) is 0 Å². The second-order valence-corrected chi connectivity index (χ2v) is 15.4. The van der Waals surface area contributed by atoms with Crippen LogP contribution in [0.4, 0.5) is 4.79 Å². The Morgan fingerprint density at radius 1 is 0.737 bits per heavy atom. The van der Waals surface area contributed by atoms with Crippen LogP contribution in [-0.2, 0) is 24.5 Å². The van der Waals surface area contributed by atoms with E-state index < -0.39 is 5.60 Å². The number of ether oxygens (including phenoxy) is 3. The van der Waals surface area contributed by atoms with Gasteiger partial charge in [-0.1, -0.05) is 117 Å². The van der Waals surface area contributed by atoms with Crippen LogP contribution < -0.4 is 25.4 Å². The average Bonchev–Trinajstić information content (AvgIpc) is 3.64. The molecular formula is C47H58N4O6. The van der Waals surface area contributed by atoms with Gasteiger partial charge >= 0.3 is 6.09 Å². The molecule has 1 aromatic heterocycles. The van der Waals surface area contributed by atoms with Gasteiger partial charge < -0.3 is 34.7 Å². The first-order chi connectivity index (χ1) is 27.5. The third kappa shape index (κ3) is 13.0. The standard InChI is InChI=1S/C47H58N4O6/c1-7-49-45(52)43-42(37-24-22-34(23-25-37)30-48-26-16-8-9-17-27-50-46(53)56-47(4,5)6)44(57-51-43)39-28-38(33(2)3)40(54-31-35-18-12-10-13-19-35)29-41(39)55-32-36-20-14-11-15-21-36/h10-15,18-25,28-29,33,48H,7-9,16-17,26-27,30-32H2,1-6H3,(H,49,52)(H,50,53). The fraction of sp³-hybridized carbons (Fsp3) is 0.383. The van der Waals surface area contributed by atoms with E-state index in [1.807, 2.05) is 113 Å². The molecule has 0 atom stereocenters. The predicted octanol–water partition coefficient (Wildman–Crippen LogP) is 10.2. The summed E-state index contributed by atoms with van der Waals surface area (Å²) in [6.07, 6.45) is 3.68. The number of nitrogens with zero attached hydrogens (tertiary/aromatic N) is 1. The normalized spacial score (nSPS) is 11.4. The van der Waals surface area contributed by atoms with Crippen LogP contribution in [-0.4, -0.2) is 42.4 Å². The van der Waals surface area contributed by atoms with Crippen molar-refractivity contribution in [3.05, 3.63) is 125 Å². The summed E-state index contributed by atoms with van der Waals surface area (Å²) >= 11 is 0. The Morgan fingerprint density at radius 2 is 1.35 bits per heavy atom. The Kier molecular flexibility index (Phi) is 15.7. The van der Waals surface area contributed by atoms with Gasteiger partial charge in [0.1, 0.15) is 30.3 Å². The number of amides is 2. The molecule has 0 fully saturated rings. The van der Waals surface area contributed by atoms with E-state index in [9.17, 15) is 9.59 Å². The number of carbonyl (C=O) groups is 2. The molecule has 0 aliphatic rings. The van der Waals surface area contributed by atoms with Crippen LogP contribution in [0.5, 0.6) is 11.5 Å². The Hall–Kier alpha value is -5.61. The maximum atomic E-state index is 13.4. The van der Waals surface area contributed by atoms with Gasteiger partial charge in [-0.05, 0) is 86.9 Å². The highest BCUT2D eigenvalue weighted by Crippen LogP contribution is 2.44. The number of aromatic nitrogens is 1. The molecule has 3 N–H and O–H groups in total. The van der Waals surface area contributed by atoms with E-state index in [0.717, 1.165) is 65.8 Å². The highest BCUT2D eigenvalue weighted by molar-refractivity contribution is 6.02. The van der Waals surface area contributed by atoms with E-state index in [-0.39, 0.29) is 23.6 Å². The van der Waals surface area contributed by atoms with Crippen molar-refractivity contribution in [1.82, 2.24) is 21.1 Å². The lowest BCUT2D eigenvalue weighted by Crippen LogP contribution is -2.32. The number of alkyl carbamates (subject to hydrolysis) is 1. The maximum Gasteiger partial charge on any atom is 0.407 e. The summed E-state index contributed by atoms with van der Waals surface area (Å²) in [5, 5.41) is 13.6. The van der Waals surface area contributed by atoms with Crippen LogP contribution in [0.15, 0.2) is 102 Å². The van der Waals surface area contributed by atoms with Crippen molar-refractivity contribution in [3.8, 4) is 33.9 Å². The molecule has 0 spiro atoms. The summed E-state index contributed by atoms with van der Waals surface area (Å²) in [4.78, 5) is 25.3. The smallest absolute Gasteiger partial charge is 0.407 e. The summed E-state index contributed by atoms with van der Waals surface area (Å²) in [6.45, 7) is 15.1. The van der Waals surface area contributed by atoms with E-state index >= 15 is 0 Å². The zero-order valence-corrected chi connectivity index (χ0v) is 34.3. The highest BCUT2D eigenvalue weighted by atomic mass is 16.6. The molecule has 0 bridgehead atoms. The first-order valence-electron chi connectivity index (χ1n) is 20.1. The van der Waals surface area contributed by atoms with E-state index in [2.05, 4.69) is 47.1 Å². The topological polar surface area (TPSA) is 124 Å². The molecule has 4 aromatic carbocycles. The van der Waals surface area contributed by atoms with E-state index in [1.54, 1.807) is 0 Å². The zero-order chi connectivity index (χ0) is 40.6. The lowest BCUT2D eigenvalue weighted by Gasteiger charge is -2.19. The van der Waals surface area contributed by atoms with Crippen LogP contribution in [0.1, 0.15) is 106 Å². The molecule has 5 rings (SSSR count). The summed E-state index contributed by atoms with van der Waals surface area (Å²) in [5.74, 6) is 1.53. The Balaban J connectivity index is 1.34. The third-order valence-corrected chi connectivity index (χ3v) is 9.22. The molecule has 0 radical (unpaired) electrons. The van der Waals surface area contributed by atoms with Gasteiger partial charge in [-0.25, -0.2) is 4.79 Å². The second kappa shape index (κ2) is 21.1. The van der Waals surface area contributed by atoms with Crippen LogP contribution >= 0.6 is 0 Å². The van der Waals surface area contributed by atoms with Crippen molar-refractivity contribution in [2.75, 3.05) is 19.6 Å². The van der Waals surface area contributed by atoms with Crippen LogP contribution in [0, 0.1) is 0 Å². The van der Waals surface area contributed by atoms with Crippen molar-refractivity contribution >= 4 is 12.0 Å². The van der Waals surface area contributed by atoms with Crippen LogP contribution in [0.2, 0.25) is 0 Å². The van der Waals surface area contributed by atoms with Crippen molar-refractivity contribution < 1.29 is 28.3 Å². The molecule has 1 heterocycles. The lowest BCUT2D eigenvalue weighted by molar-refractivity contribution is 0.0526. The number of rotatable bonds is 20. The van der Waals surface area contributed by atoms with Crippen molar-refractivity contribution in [2.45, 2.75) is 98.5 Å². The second-order valence-electron chi connectivity index (χ2n) is 15.4. The molecule has 0 aliphatic carbocycles. The molecule has 302 valence electrons. The zero-order valence-electron chi connectivity index (χ0n) is 34.3. The summed E-state index contributed by atoms with van der Waals surface area (Å²) in [7, 11) is 0. The monoisotopic (exact) mass is 774 g/mol. The number of unbranched alkanes of at least 4 members (excludes halogenated alkanes) is 3. The molecule has 2 amide bonds. The fourth-order valence-corrected chi connectivity index (χ4v) is 6.32. The van der Waals surface area contributed by atoms with Crippen molar-refractivity contribution in [3.63, 3.8) is 0 Å². The largest absolute Gasteiger partial charge is 0.488 e. The van der Waals surface area contributed by atoms with Gasteiger partial charge in [0.25, 0.3) is 5.91 Å². The van der Waals surface area contributed by atoms with Gasteiger partial charge in [-0.3, -0.25) is 4.79 Å². The number of hydrogen-bond donors (Lipinski definition) is 3. The average molecular weight is 775 g/mol. The van der Waals surface area contributed by atoms with Crippen molar-refractivity contribution in [2.24, 2.45) is 0 Å². The van der Waals surface area contributed by atoms with Gasteiger partial charge in [0.2, 0.25) is 0 Å². The molecule has 57 heavy (non-hydrogen) atoms. The quantitative estimate of drug-likeness (QED) is 0.0668. The summed E-state index contributed by atoms with van der Waals surface area (Å²) in [5.41, 5.74) is 5.98. The fourth-order valence-electron chi connectivity index (χ4n) is 6.32. The van der Waals surface area contributed by atoms with Gasteiger partial charge in [0, 0.05) is 25.7 Å². The van der Waals surface area contributed by atoms with Gasteiger partial charge in [0.05, 0.1) is 11.1 Å². The number of nitrogens with one attached hydrogen (secondary N) is 3. The predicted molar refractivity (Wildman–Crippen MR) is 225 cm³/mol. The molecule has 5 aromatic rings. The van der Waals surface area contributed by atoms with E-state index in [4.69, 9.17) is 18.7 Å². The molecular weight excluding hydrogens is 717 g/mol. The summed E-state index contributed by atoms with van der Waals surface area (Å²) in [6, 6.07) is 32.2. The van der Waals surface area contributed by atoms with Gasteiger partial charge in [-0.2, -0.15) is 0 Å². The number of carbonyl (C=O) groups excluding carboxylic acids is 2. The SMILES string of the molecule is CCNC(=O)c1noc(-c2cc(C(C)C)c(OCc3ccccc3)cc2OCc2ccccc2)c1-c1ccc(CNCCCCCCNC(=O)OC(C)(C)C)cc1. The van der Waals surface area contributed by atoms with Gasteiger partial charge in [0.15, 0.2) is 11.5 Å².